The van der Waals surface area contributed by atoms with Crippen LogP contribution in [0.25, 0.3) is 0 Å². The summed E-state index contributed by atoms with van der Waals surface area (Å²) >= 11 is 22.2. The van der Waals surface area contributed by atoms with E-state index >= 15 is 0 Å². The van der Waals surface area contributed by atoms with Gasteiger partial charge in [-0.15, -0.1) is 24.0 Å². The molecule has 3 amide bonds. The number of nitrogens with one attached hydrogen (secondary N) is 2. The van der Waals surface area contributed by atoms with Crippen LogP contribution in [-0.4, -0.2) is 149 Å². The van der Waals surface area contributed by atoms with Crippen molar-refractivity contribution in [1.82, 2.24) is 49.8 Å². The standard InChI is InChI=1S/C23H32N4O4.C18H24N4O2.C12H13IN2O.C4H5IN2.B3.I3.I2.HI.S3/c1-16-14-19(27(24-16)15-17-8-10-18(30-7)11-9-17)25-12-13-26(23(5,6)20(25)28)21(29)31-22(2,3)4;1-13-11-16(21-10-9-19-18(2,3)17(21)23)22(20-13)12-14-5-7-15(24-4)8-6-14;1-9-7-12(13)15(14-9)8-10-3-5-11(16-2)6-4-10;1-3-2-4(5)7-6-3;2*1-3-2;1-2;;1-3-2/h8-11,14H,12-13,15H2,1-7H3;5-8,11,19H,9-10,12H2,1-4H3;3-7H,8H2,1-2H3;2H,1H3,(H,6,7);;;;1H;/q;;;;;-1;;;. The van der Waals surface area contributed by atoms with E-state index in [-0.39, 0.29) is 35.8 Å². The van der Waals surface area contributed by atoms with Gasteiger partial charge in [0.25, 0.3) is 5.91 Å². The first-order valence-corrected chi connectivity index (χ1v) is 50.7. The number of piperazine rings is 2. The van der Waals surface area contributed by atoms with Crippen LogP contribution in [0.1, 0.15) is 87.9 Å². The molecule has 2 N–H and O–H groups in total. The number of rotatable bonds is 11. The first-order valence-electron chi connectivity index (χ1n) is 27.0. The molecule has 0 bridgehead atoms. The number of benzene rings is 3. The number of anilines is 2. The predicted molar refractivity (Wildman–Crippen MR) is 431 cm³/mol. The van der Waals surface area contributed by atoms with Gasteiger partial charge < -0.3 is 24.3 Å². The van der Waals surface area contributed by atoms with Gasteiger partial charge in [0.15, 0.2) is 0 Å². The number of methoxy groups -OCH3 is 3. The van der Waals surface area contributed by atoms with Gasteiger partial charge >= 0.3 is 56.6 Å². The maximum absolute atomic E-state index is 13.4. The average molecular weight is 2180 g/mol. The molecule has 2 fully saturated rings. The first kappa shape index (κ1) is 86.8. The summed E-state index contributed by atoms with van der Waals surface area (Å²) in [5.74, 6) is 3.98. The van der Waals surface area contributed by atoms with Gasteiger partial charge in [0, 0.05) is 135 Å². The number of nitrogens with zero attached hydrogens (tertiary/aromatic N) is 10. The van der Waals surface area contributed by atoms with Crippen LogP contribution in [0.2, 0.25) is 0 Å². The quantitative estimate of drug-likeness (QED) is 0.0919. The van der Waals surface area contributed by atoms with E-state index in [1.54, 1.807) is 40.1 Å². The van der Waals surface area contributed by atoms with Gasteiger partial charge in [-0.05, 0) is 187 Å². The Kier molecular flexibility index (Phi) is 43.0. The molecule has 2 saturated heterocycles. The number of aryl methyl sites for hydroxylation is 4. The average Bonchev–Trinajstić information content (AvgIpc) is 1.28. The zero-order chi connectivity index (χ0) is 67.2. The number of amides is 3. The van der Waals surface area contributed by atoms with E-state index in [9.17, 15) is 14.4 Å². The summed E-state index contributed by atoms with van der Waals surface area (Å²) in [6.07, 6.45) is -0.478. The molecule has 4 aromatic heterocycles. The molecule has 9 rings (SSSR count). The Morgan fingerprint density at radius 2 is 1.03 bits per heavy atom. The first-order chi connectivity index (χ1) is 42.0. The van der Waals surface area contributed by atoms with Gasteiger partial charge in [-0.1, -0.05) is 36.4 Å². The van der Waals surface area contributed by atoms with Crippen molar-refractivity contribution < 1.29 is 46.6 Å². The van der Waals surface area contributed by atoms with Crippen LogP contribution in [0.15, 0.2) is 97.1 Å². The molecule has 0 saturated carbocycles. The van der Waals surface area contributed by atoms with Crippen molar-refractivity contribution in [3.63, 3.8) is 0 Å². The van der Waals surface area contributed by atoms with Crippen molar-refractivity contribution in [2.24, 2.45) is 0 Å². The molecular formula is C57H75B3I8N12O7S3-. The maximum atomic E-state index is 13.4. The fourth-order valence-electron chi connectivity index (χ4n) is 8.55. The fourth-order valence-corrected chi connectivity index (χ4v) is 9.86. The molecule has 33 heteroatoms. The van der Waals surface area contributed by atoms with Gasteiger partial charge in [-0.3, -0.25) is 34.1 Å². The topological polar surface area (TPSA) is 192 Å². The Bertz CT molecular complexity index is 3280. The number of halogens is 8. The zero-order valence-electron chi connectivity index (χ0n) is 52.5. The Balaban J connectivity index is 0.000000606. The smallest absolute Gasteiger partial charge is 0 e. The monoisotopic (exact) mass is 2180 g/mol. The van der Waals surface area contributed by atoms with Gasteiger partial charge in [0.05, 0.1) is 67.3 Å². The number of carbonyl (C=O) groups is 3. The molecule has 2 aliphatic heterocycles. The van der Waals surface area contributed by atoms with Gasteiger partial charge in [0.2, 0.25) is 5.91 Å². The molecule has 90 heavy (non-hydrogen) atoms. The van der Waals surface area contributed by atoms with Gasteiger partial charge in [-0.25, -0.2) is 14.2 Å². The third kappa shape index (κ3) is 29.6. The third-order valence-corrected chi connectivity index (χ3v) is 14.0. The molecule has 7 aromatic rings. The second kappa shape index (κ2) is 44.6. The number of aromatic nitrogens is 8. The maximum Gasteiger partial charge on any atom is 0 e. The zero-order valence-corrected chi connectivity index (χ0v) is 72.4. The summed E-state index contributed by atoms with van der Waals surface area (Å²) in [7, 11) is 15.9. The van der Waals surface area contributed by atoms with Crippen LogP contribution < -0.4 is 42.6 Å². The van der Waals surface area contributed by atoms with E-state index in [4.69, 9.17) is 18.9 Å². The Morgan fingerprint density at radius 3 is 1.36 bits per heavy atom. The number of hydrogen-bond donors (Lipinski definition) is 2. The van der Waals surface area contributed by atoms with E-state index in [0.717, 1.165) is 99.2 Å². The summed E-state index contributed by atoms with van der Waals surface area (Å²) < 4.78 is 29.0. The summed E-state index contributed by atoms with van der Waals surface area (Å²) in [6, 6.07) is 31.7. The molecule has 489 valence electrons. The summed E-state index contributed by atoms with van der Waals surface area (Å²) in [4.78, 5) is 43.9. The molecule has 0 atom stereocenters. The van der Waals surface area contributed by atoms with E-state index < -0.39 is 22.8 Å². The van der Waals surface area contributed by atoms with Crippen molar-refractivity contribution in [2.45, 2.75) is 112 Å². The van der Waals surface area contributed by atoms with Crippen LogP contribution in [0.5, 0.6) is 17.2 Å². The van der Waals surface area contributed by atoms with Crippen molar-refractivity contribution in [2.75, 3.05) is 57.3 Å². The summed E-state index contributed by atoms with van der Waals surface area (Å²) in [5, 5.41) is 23.5. The second-order valence-electron chi connectivity index (χ2n) is 21.3. The molecule has 5 radical (unpaired) electrons. The minimum atomic E-state index is -1.04. The molecule has 0 unspecified atom stereocenters. The van der Waals surface area contributed by atoms with E-state index in [0.29, 0.717) is 46.0 Å². The number of H-pyrrole nitrogens is 1. The molecule has 3 aromatic carbocycles. The molecule has 2 aliphatic rings. The van der Waals surface area contributed by atoms with Crippen molar-refractivity contribution in [3.8, 4) is 17.2 Å². The van der Waals surface area contributed by atoms with Crippen LogP contribution >= 0.6 is 144 Å². The molecule has 0 aliphatic carbocycles. The van der Waals surface area contributed by atoms with Crippen LogP contribution in [0.3, 0.4) is 0 Å². The van der Waals surface area contributed by atoms with Gasteiger partial charge in [-0.2, -0.15) is 20.4 Å². The van der Waals surface area contributed by atoms with Gasteiger partial charge in [0.1, 0.15) is 43.7 Å². The van der Waals surface area contributed by atoms with E-state index in [2.05, 4.69) is 207 Å². The molecule has 19 nitrogen and oxygen atoms in total. The normalized spacial score (nSPS) is 13.4. The second-order valence-corrected chi connectivity index (χ2v) is 41.5. The van der Waals surface area contributed by atoms with Crippen molar-refractivity contribution >= 4 is 227 Å². The molecule has 0 spiro atoms. The molecule has 6 heterocycles. The predicted octanol–water partition coefficient (Wildman–Crippen LogP) is 9.76. The minimum Gasteiger partial charge on any atom is 0 e. The van der Waals surface area contributed by atoms with E-state index in [1.165, 1.54) is 10.5 Å². The third-order valence-electron chi connectivity index (χ3n) is 12.6. The number of ether oxygens (including phenoxy) is 4. The molecular weight excluding hydrogens is 2110 g/mol. The summed E-state index contributed by atoms with van der Waals surface area (Å²) in [6.45, 7) is 24.7. The van der Waals surface area contributed by atoms with Crippen LogP contribution in [0.4, 0.5) is 16.4 Å². The SMILES string of the molecule is COc1ccc(Cn2nc(C)cc2I)cc1.COc1ccc(Cn2nc(C)cc2N2CCN(C(=O)OC(C)(C)C)C(C)(C)C2=O)cc1.COc1ccc(Cn2nc(C)cc2N2CCNC(C)(C)C2=O)cc1.Cc1cc(I)n[nH]1.I.II.I[I-]I.S=S=S.[B][B][B]. The number of aromatic amines is 1. The number of carbonyl (C=O) groups excluding carboxylic acids is 3. The summed E-state index contributed by atoms with van der Waals surface area (Å²) in [5.41, 5.74) is 5.06. The minimum absolute atomic E-state index is 0. The fraction of sp³-hybridized carbons (Fsp3) is 0.421. The number of hydrogen-bond acceptors (Lipinski definition) is 14. The van der Waals surface area contributed by atoms with Crippen LogP contribution in [0, 0.1) is 35.1 Å². The Hall–Kier alpha value is -1.24. The van der Waals surface area contributed by atoms with Crippen molar-refractivity contribution in [3.05, 3.63) is 144 Å². The van der Waals surface area contributed by atoms with E-state index in [1.807, 2.05) is 160 Å². The van der Waals surface area contributed by atoms with Crippen molar-refractivity contribution in [1.29, 1.82) is 0 Å². The Labute approximate surface area is 644 Å². The van der Waals surface area contributed by atoms with Crippen LogP contribution in [-0.2, 0) is 65.2 Å². The Morgan fingerprint density at radius 1 is 0.667 bits per heavy atom. The largest absolute Gasteiger partial charge is 0 e.